The van der Waals surface area contributed by atoms with Crippen LogP contribution in [0.15, 0.2) is 53.6 Å². The van der Waals surface area contributed by atoms with Crippen molar-refractivity contribution in [3.8, 4) is 5.75 Å². The van der Waals surface area contributed by atoms with Gasteiger partial charge in [0.2, 0.25) is 0 Å². The van der Waals surface area contributed by atoms with Crippen molar-refractivity contribution in [3.05, 3.63) is 61.4 Å². The number of fused-ring (bicyclic) bond motifs is 1. The van der Waals surface area contributed by atoms with Crippen LogP contribution in [0, 0.1) is 7.14 Å². The molecule has 21 heavy (non-hydrogen) atoms. The van der Waals surface area contributed by atoms with Gasteiger partial charge in [0.25, 0.3) is 0 Å². The number of phenols is 1. The molecule has 0 unspecified atom stereocenters. The van der Waals surface area contributed by atoms with Gasteiger partial charge in [0.05, 0.1) is 9.09 Å². The summed E-state index contributed by atoms with van der Waals surface area (Å²) < 4.78 is 2.03. The van der Waals surface area contributed by atoms with E-state index in [0.29, 0.717) is 5.75 Å². The molecule has 5 heteroatoms. The molecule has 1 aromatic heterocycles. The standard InChI is InChI=1S/C16H11I2NOS/c17-12-7-11(16(20)13(18)8-12)9-21-14-5-1-3-10-4-2-6-19-15(10)14/h1-8,20H,9H2. The third-order valence-corrected chi connectivity index (χ3v) is 5.63. The van der Waals surface area contributed by atoms with E-state index in [2.05, 4.69) is 68.4 Å². The van der Waals surface area contributed by atoms with Crippen LogP contribution in [0.1, 0.15) is 5.56 Å². The third-order valence-electron chi connectivity index (χ3n) is 3.09. The maximum Gasteiger partial charge on any atom is 0.133 e. The summed E-state index contributed by atoms with van der Waals surface area (Å²) in [4.78, 5) is 5.60. The first-order chi connectivity index (χ1) is 10.1. The number of nitrogens with zero attached hydrogens (tertiary/aromatic N) is 1. The van der Waals surface area contributed by atoms with Gasteiger partial charge in [-0.3, -0.25) is 4.98 Å². The summed E-state index contributed by atoms with van der Waals surface area (Å²) in [6.07, 6.45) is 1.82. The Morgan fingerprint density at radius 1 is 1.10 bits per heavy atom. The summed E-state index contributed by atoms with van der Waals surface area (Å²) in [6, 6.07) is 14.2. The number of hydrogen-bond donors (Lipinski definition) is 1. The van der Waals surface area contributed by atoms with Crippen molar-refractivity contribution < 1.29 is 5.11 Å². The van der Waals surface area contributed by atoms with Crippen molar-refractivity contribution in [1.29, 1.82) is 0 Å². The monoisotopic (exact) mass is 519 g/mol. The molecule has 2 nitrogen and oxygen atoms in total. The first-order valence-electron chi connectivity index (χ1n) is 6.28. The van der Waals surface area contributed by atoms with Crippen molar-refractivity contribution in [1.82, 2.24) is 4.98 Å². The molecule has 0 saturated heterocycles. The van der Waals surface area contributed by atoms with Crippen LogP contribution in [0.4, 0.5) is 0 Å². The molecule has 0 spiro atoms. The zero-order valence-electron chi connectivity index (χ0n) is 10.9. The molecule has 0 aliphatic heterocycles. The molecule has 0 radical (unpaired) electrons. The number of rotatable bonds is 3. The first-order valence-corrected chi connectivity index (χ1v) is 9.43. The highest BCUT2D eigenvalue weighted by molar-refractivity contribution is 14.1. The Morgan fingerprint density at radius 3 is 2.76 bits per heavy atom. The Kier molecular flexibility index (Phi) is 4.90. The highest BCUT2D eigenvalue weighted by Crippen LogP contribution is 2.34. The lowest BCUT2D eigenvalue weighted by molar-refractivity contribution is 0.466. The van der Waals surface area contributed by atoms with Crippen LogP contribution in [0.2, 0.25) is 0 Å². The van der Waals surface area contributed by atoms with E-state index >= 15 is 0 Å². The Bertz CT molecular complexity index is 802. The normalized spacial score (nSPS) is 11.0. The average molecular weight is 519 g/mol. The highest BCUT2D eigenvalue weighted by Gasteiger charge is 2.09. The molecule has 0 aliphatic rings. The molecule has 3 aromatic rings. The highest BCUT2D eigenvalue weighted by atomic mass is 127. The van der Waals surface area contributed by atoms with E-state index in [0.717, 1.165) is 34.3 Å². The van der Waals surface area contributed by atoms with Crippen LogP contribution >= 0.6 is 56.9 Å². The molecule has 1 heterocycles. The second-order valence-electron chi connectivity index (χ2n) is 4.52. The number of benzene rings is 2. The summed E-state index contributed by atoms with van der Waals surface area (Å²) in [6.45, 7) is 0. The molecule has 3 rings (SSSR count). The van der Waals surface area contributed by atoms with Crippen molar-refractivity contribution in [3.63, 3.8) is 0 Å². The fraction of sp³-hybridized carbons (Fsp3) is 0.0625. The lowest BCUT2D eigenvalue weighted by atomic mass is 10.2. The summed E-state index contributed by atoms with van der Waals surface area (Å²) in [5, 5.41) is 11.3. The predicted octanol–water partition coefficient (Wildman–Crippen LogP) is 5.44. The molecule has 0 atom stereocenters. The van der Waals surface area contributed by atoms with Crippen molar-refractivity contribution in [2.24, 2.45) is 0 Å². The van der Waals surface area contributed by atoms with Gasteiger partial charge in [-0.1, -0.05) is 18.2 Å². The largest absolute Gasteiger partial charge is 0.507 e. The average Bonchev–Trinajstić information content (AvgIpc) is 2.49. The second-order valence-corrected chi connectivity index (χ2v) is 7.94. The zero-order valence-corrected chi connectivity index (χ0v) is 16.0. The second kappa shape index (κ2) is 6.70. The summed E-state index contributed by atoms with van der Waals surface area (Å²) in [7, 11) is 0. The van der Waals surface area contributed by atoms with Crippen LogP contribution in [0.3, 0.4) is 0 Å². The summed E-state index contributed by atoms with van der Waals surface area (Å²) >= 11 is 6.15. The van der Waals surface area contributed by atoms with Crippen LogP contribution in [0.5, 0.6) is 5.75 Å². The maximum absolute atomic E-state index is 10.2. The Labute approximate surface area is 154 Å². The Morgan fingerprint density at radius 2 is 1.90 bits per heavy atom. The lowest BCUT2D eigenvalue weighted by Crippen LogP contribution is -1.88. The van der Waals surface area contributed by atoms with Crippen LogP contribution in [0.25, 0.3) is 10.9 Å². The minimum Gasteiger partial charge on any atom is -0.507 e. The topological polar surface area (TPSA) is 33.1 Å². The van der Waals surface area contributed by atoms with E-state index in [-0.39, 0.29) is 0 Å². The zero-order chi connectivity index (χ0) is 14.8. The van der Waals surface area contributed by atoms with E-state index in [1.54, 1.807) is 11.8 Å². The van der Waals surface area contributed by atoms with Gasteiger partial charge in [-0.15, -0.1) is 11.8 Å². The number of pyridine rings is 1. The predicted molar refractivity (Wildman–Crippen MR) is 105 cm³/mol. The van der Waals surface area contributed by atoms with E-state index < -0.39 is 0 Å². The van der Waals surface area contributed by atoms with E-state index in [4.69, 9.17) is 0 Å². The number of phenolic OH excluding ortho intramolecular Hbond substituents is 1. The van der Waals surface area contributed by atoms with Gasteiger partial charge in [0, 0.05) is 31.4 Å². The smallest absolute Gasteiger partial charge is 0.133 e. The Hall–Kier alpha value is -0.540. The van der Waals surface area contributed by atoms with Crippen molar-refractivity contribution in [2.45, 2.75) is 10.6 Å². The molecule has 0 fully saturated rings. The molecule has 0 amide bonds. The van der Waals surface area contributed by atoms with Gasteiger partial charge in [-0.2, -0.15) is 0 Å². The minimum atomic E-state index is 0.386. The molecule has 106 valence electrons. The molecule has 1 N–H and O–H groups in total. The number of thioether (sulfide) groups is 1. The van der Waals surface area contributed by atoms with Gasteiger partial charge in [0.1, 0.15) is 5.75 Å². The van der Waals surface area contributed by atoms with Crippen molar-refractivity contribution >= 4 is 67.8 Å². The van der Waals surface area contributed by atoms with Crippen LogP contribution in [-0.2, 0) is 5.75 Å². The maximum atomic E-state index is 10.2. The minimum absolute atomic E-state index is 0.386. The quantitative estimate of drug-likeness (QED) is 0.370. The fourth-order valence-electron chi connectivity index (χ4n) is 2.08. The number of halogens is 2. The van der Waals surface area contributed by atoms with Gasteiger partial charge in [0.15, 0.2) is 0 Å². The molecular weight excluding hydrogens is 508 g/mol. The molecule has 0 saturated carbocycles. The first kappa shape index (κ1) is 15.4. The van der Waals surface area contributed by atoms with Gasteiger partial charge in [-0.05, 0) is 69.4 Å². The number of aromatic hydroxyl groups is 1. The van der Waals surface area contributed by atoms with E-state index in [1.165, 1.54) is 0 Å². The SMILES string of the molecule is Oc1c(I)cc(I)cc1CSc1cccc2cccnc12. The van der Waals surface area contributed by atoms with Gasteiger partial charge in [-0.25, -0.2) is 0 Å². The fourth-order valence-corrected chi connectivity index (χ4v) is 5.06. The molecule has 0 aliphatic carbocycles. The van der Waals surface area contributed by atoms with Gasteiger partial charge >= 0.3 is 0 Å². The molecule has 0 bridgehead atoms. The summed E-state index contributed by atoms with van der Waals surface area (Å²) in [5.41, 5.74) is 1.98. The van der Waals surface area contributed by atoms with E-state index in [1.807, 2.05) is 30.5 Å². The number of hydrogen-bond acceptors (Lipinski definition) is 3. The Balaban J connectivity index is 1.91. The summed E-state index contributed by atoms with van der Waals surface area (Å²) in [5.74, 6) is 1.12. The van der Waals surface area contributed by atoms with Gasteiger partial charge < -0.3 is 5.11 Å². The number of aromatic nitrogens is 1. The van der Waals surface area contributed by atoms with Crippen LogP contribution in [-0.4, -0.2) is 10.1 Å². The van der Waals surface area contributed by atoms with Crippen LogP contribution < -0.4 is 0 Å². The third kappa shape index (κ3) is 3.45. The van der Waals surface area contributed by atoms with E-state index in [9.17, 15) is 5.11 Å². The lowest BCUT2D eigenvalue weighted by Gasteiger charge is -2.09. The number of para-hydroxylation sites is 1. The molecular formula is C16H11I2NOS. The van der Waals surface area contributed by atoms with Crippen molar-refractivity contribution in [2.75, 3.05) is 0 Å². The molecule has 2 aromatic carbocycles.